The molecule has 0 spiro atoms. The Morgan fingerprint density at radius 2 is 1.40 bits per heavy atom. The quantitative estimate of drug-likeness (QED) is 0.304. The average Bonchev–Trinajstić information content (AvgIpc) is 2.67. The Hall–Kier alpha value is -1.29. The van der Waals surface area contributed by atoms with Crippen LogP contribution in [0.4, 0.5) is 0 Å². The first-order chi connectivity index (χ1) is 14.1. The maximum Gasteiger partial charge on any atom is 0.258 e. The Balaban J connectivity index is 2.16. The number of halogens is 2. The minimum absolute atomic E-state index is 0.546. The molecule has 0 saturated heterocycles. The van der Waals surface area contributed by atoms with Crippen LogP contribution >= 0.6 is 27.5 Å². The zero-order valence-electron chi connectivity index (χ0n) is 19.0. The molecule has 160 valence electrons. The van der Waals surface area contributed by atoms with Crippen molar-refractivity contribution in [3.63, 3.8) is 0 Å². The second kappa shape index (κ2) is 9.06. The predicted octanol–water partition coefficient (Wildman–Crippen LogP) is 9.79. The third-order valence-electron chi connectivity index (χ3n) is 6.36. The highest BCUT2D eigenvalue weighted by molar-refractivity contribution is 9.10. The number of fused-ring (bicyclic) bond motifs is 1. The molecule has 0 aliphatic heterocycles. The van der Waals surface area contributed by atoms with E-state index >= 15 is 0 Å². The zero-order valence-corrected chi connectivity index (χ0v) is 22.4. The maximum absolute atomic E-state index is 6.94. The van der Waals surface area contributed by atoms with E-state index in [2.05, 4.69) is 101 Å². The second-order valence-corrected chi connectivity index (χ2v) is 15.8. The van der Waals surface area contributed by atoms with Crippen LogP contribution in [0.15, 0.2) is 53.0 Å². The monoisotopic (exact) mass is 502 g/mol. The van der Waals surface area contributed by atoms with Crippen LogP contribution in [-0.4, -0.2) is 8.32 Å². The molecule has 0 radical (unpaired) electrons. The minimum atomic E-state index is -1.99. The molecule has 3 aromatic carbocycles. The van der Waals surface area contributed by atoms with Gasteiger partial charge in [0.1, 0.15) is 5.75 Å². The fourth-order valence-corrected chi connectivity index (χ4v) is 10.9. The standard InChI is InChI=1S/C26H32BrClOSi/c1-16(2)30(17(3)4,18(5)6)29-23-12-13-24-21(15-23)14-19(7)26(27)25(24)20-8-10-22(28)11-9-20/h8-18H,1-7H3. The van der Waals surface area contributed by atoms with Gasteiger partial charge in [0.25, 0.3) is 8.32 Å². The SMILES string of the molecule is Cc1cc2cc(O[Si](C(C)C)(C(C)C)C(C)C)ccc2c(-c2ccc(Cl)cc2)c1Br. The van der Waals surface area contributed by atoms with Gasteiger partial charge in [-0.3, -0.25) is 0 Å². The predicted molar refractivity (Wildman–Crippen MR) is 139 cm³/mol. The van der Waals surface area contributed by atoms with Gasteiger partial charge in [0.15, 0.2) is 0 Å². The molecule has 0 N–H and O–H groups in total. The minimum Gasteiger partial charge on any atom is -0.543 e. The number of rotatable bonds is 6. The van der Waals surface area contributed by atoms with Crippen LogP contribution in [0.2, 0.25) is 21.6 Å². The summed E-state index contributed by atoms with van der Waals surface area (Å²) in [4.78, 5) is 0. The van der Waals surface area contributed by atoms with Crippen LogP contribution in [0.1, 0.15) is 47.1 Å². The lowest BCUT2D eigenvalue weighted by Crippen LogP contribution is -2.50. The van der Waals surface area contributed by atoms with Crippen molar-refractivity contribution >= 4 is 46.6 Å². The van der Waals surface area contributed by atoms with E-state index in [0.29, 0.717) is 16.6 Å². The van der Waals surface area contributed by atoms with E-state index in [9.17, 15) is 0 Å². The molecular weight excluding hydrogens is 472 g/mol. The molecule has 0 atom stereocenters. The molecule has 0 amide bonds. The lowest BCUT2D eigenvalue weighted by atomic mass is 9.96. The summed E-state index contributed by atoms with van der Waals surface area (Å²) in [5.74, 6) is 0.994. The molecule has 0 bridgehead atoms. The Kier molecular flexibility index (Phi) is 7.06. The summed E-state index contributed by atoms with van der Waals surface area (Å²) < 4.78 is 8.06. The van der Waals surface area contributed by atoms with E-state index in [-0.39, 0.29) is 0 Å². The van der Waals surface area contributed by atoms with E-state index in [0.717, 1.165) is 20.8 Å². The summed E-state index contributed by atoms with van der Waals surface area (Å²) in [5, 5.41) is 3.17. The number of hydrogen-bond donors (Lipinski definition) is 0. The first-order valence-electron chi connectivity index (χ1n) is 10.8. The summed E-state index contributed by atoms with van der Waals surface area (Å²) in [7, 11) is -1.99. The molecule has 0 heterocycles. The number of aryl methyl sites for hydroxylation is 1. The van der Waals surface area contributed by atoms with Gasteiger partial charge in [-0.2, -0.15) is 0 Å². The highest BCUT2D eigenvalue weighted by atomic mass is 79.9. The smallest absolute Gasteiger partial charge is 0.258 e. The van der Waals surface area contributed by atoms with Gasteiger partial charge in [-0.15, -0.1) is 0 Å². The van der Waals surface area contributed by atoms with Gasteiger partial charge in [-0.1, -0.05) is 77.4 Å². The Bertz CT molecular complexity index is 1020. The van der Waals surface area contributed by atoms with Crippen molar-refractivity contribution in [3.8, 4) is 16.9 Å². The van der Waals surface area contributed by atoms with E-state index in [1.54, 1.807) is 0 Å². The Morgan fingerprint density at radius 1 is 0.833 bits per heavy atom. The van der Waals surface area contributed by atoms with Crippen LogP contribution in [-0.2, 0) is 0 Å². The van der Waals surface area contributed by atoms with Gasteiger partial charge >= 0.3 is 0 Å². The van der Waals surface area contributed by atoms with Gasteiger partial charge in [-0.25, -0.2) is 0 Å². The molecule has 0 unspecified atom stereocenters. The summed E-state index contributed by atoms with van der Waals surface area (Å²) in [5.41, 5.74) is 5.21. The maximum atomic E-state index is 6.94. The number of benzene rings is 3. The molecule has 4 heteroatoms. The van der Waals surface area contributed by atoms with Gasteiger partial charge in [0.05, 0.1) is 0 Å². The lowest BCUT2D eigenvalue weighted by molar-refractivity contribution is 0.480. The normalized spacial score (nSPS) is 12.4. The van der Waals surface area contributed by atoms with Crippen molar-refractivity contribution in [3.05, 3.63) is 63.6 Å². The highest BCUT2D eigenvalue weighted by Crippen LogP contribution is 2.44. The third-order valence-corrected chi connectivity index (χ3v) is 13.6. The highest BCUT2D eigenvalue weighted by Gasteiger charge is 2.47. The summed E-state index contributed by atoms with van der Waals surface area (Å²) in [6, 6.07) is 16.9. The van der Waals surface area contributed by atoms with Crippen molar-refractivity contribution in [1.82, 2.24) is 0 Å². The molecule has 3 aromatic rings. The molecule has 1 nitrogen and oxygen atoms in total. The van der Waals surface area contributed by atoms with E-state index < -0.39 is 8.32 Å². The fourth-order valence-electron chi connectivity index (χ4n) is 5.02. The van der Waals surface area contributed by atoms with Crippen LogP contribution in [0.3, 0.4) is 0 Å². The van der Waals surface area contributed by atoms with Gasteiger partial charge in [0, 0.05) is 15.1 Å². The van der Waals surface area contributed by atoms with Gasteiger partial charge in [0.2, 0.25) is 0 Å². The van der Waals surface area contributed by atoms with Gasteiger partial charge < -0.3 is 4.43 Å². The molecule has 0 aliphatic rings. The van der Waals surface area contributed by atoms with Crippen LogP contribution < -0.4 is 4.43 Å². The molecule has 0 aromatic heterocycles. The van der Waals surface area contributed by atoms with Crippen LogP contribution in [0, 0.1) is 6.92 Å². The van der Waals surface area contributed by atoms with E-state index in [4.69, 9.17) is 16.0 Å². The van der Waals surface area contributed by atoms with Crippen molar-refractivity contribution in [2.24, 2.45) is 0 Å². The van der Waals surface area contributed by atoms with E-state index in [1.165, 1.54) is 21.9 Å². The largest absolute Gasteiger partial charge is 0.543 e. The lowest BCUT2D eigenvalue weighted by Gasteiger charge is -2.42. The van der Waals surface area contributed by atoms with Gasteiger partial charge in [-0.05, 0) is 85.6 Å². The summed E-state index contributed by atoms with van der Waals surface area (Å²) >= 11 is 9.95. The molecular formula is C26H32BrClOSi. The first-order valence-corrected chi connectivity index (χ1v) is 14.1. The Labute approximate surface area is 196 Å². The third kappa shape index (κ3) is 4.22. The fraction of sp³-hybridized carbons (Fsp3) is 0.385. The first kappa shape index (κ1) is 23.4. The van der Waals surface area contributed by atoms with Crippen LogP contribution in [0.25, 0.3) is 21.9 Å². The van der Waals surface area contributed by atoms with Crippen molar-refractivity contribution < 1.29 is 4.43 Å². The topological polar surface area (TPSA) is 9.23 Å². The molecule has 0 aliphatic carbocycles. The van der Waals surface area contributed by atoms with Crippen LogP contribution in [0.5, 0.6) is 5.75 Å². The van der Waals surface area contributed by atoms with E-state index in [1.807, 2.05) is 12.1 Å². The van der Waals surface area contributed by atoms with Crippen molar-refractivity contribution in [2.75, 3.05) is 0 Å². The van der Waals surface area contributed by atoms with Crippen molar-refractivity contribution in [2.45, 2.75) is 65.1 Å². The molecule has 30 heavy (non-hydrogen) atoms. The average molecular weight is 504 g/mol. The number of hydrogen-bond acceptors (Lipinski definition) is 1. The molecule has 0 fully saturated rings. The Morgan fingerprint density at radius 3 is 1.93 bits per heavy atom. The second-order valence-electron chi connectivity index (χ2n) is 9.19. The summed E-state index contributed by atoms with van der Waals surface area (Å²) in [6.07, 6.45) is 0. The summed E-state index contributed by atoms with van der Waals surface area (Å²) in [6.45, 7) is 16.1. The zero-order chi connectivity index (χ0) is 22.2. The molecule has 3 rings (SSSR count). The van der Waals surface area contributed by atoms with Crippen molar-refractivity contribution in [1.29, 1.82) is 0 Å². The molecule has 0 saturated carbocycles.